The molecule has 2 aliphatic rings. The molecule has 3 atom stereocenters. The van der Waals surface area contributed by atoms with Crippen LogP contribution >= 0.6 is 0 Å². The SMILES string of the molecule is CO[C@@H]1CCCC[C@@H]1NC(=O)NCCC[C@H]1CCCCO1. The van der Waals surface area contributed by atoms with Gasteiger partial charge in [0.05, 0.1) is 18.2 Å². The van der Waals surface area contributed by atoms with Gasteiger partial charge in [-0.1, -0.05) is 12.8 Å². The lowest BCUT2D eigenvalue weighted by Crippen LogP contribution is -2.49. The summed E-state index contributed by atoms with van der Waals surface area (Å²) < 4.78 is 11.1. The second-order valence-electron chi connectivity index (χ2n) is 6.20. The van der Waals surface area contributed by atoms with Crippen LogP contribution < -0.4 is 10.6 Å². The fourth-order valence-electron chi connectivity index (χ4n) is 3.33. The van der Waals surface area contributed by atoms with Crippen LogP contribution in [0.4, 0.5) is 4.79 Å². The highest BCUT2D eigenvalue weighted by atomic mass is 16.5. The molecule has 2 amide bonds. The Hall–Kier alpha value is -0.810. The lowest BCUT2D eigenvalue weighted by Gasteiger charge is -2.31. The molecular formula is C16H30N2O3. The van der Waals surface area contributed by atoms with Crippen molar-refractivity contribution in [3.8, 4) is 0 Å². The van der Waals surface area contributed by atoms with Gasteiger partial charge in [0, 0.05) is 20.3 Å². The van der Waals surface area contributed by atoms with Crippen molar-refractivity contribution in [2.75, 3.05) is 20.3 Å². The maximum atomic E-state index is 11.9. The van der Waals surface area contributed by atoms with Crippen LogP contribution in [0.25, 0.3) is 0 Å². The number of amides is 2. The van der Waals surface area contributed by atoms with E-state index >= 15 is 0 Å². The third kappa shape index (κ3) is 5.83. The maximum absolute atomic E-state index is 11.9. The Bertz CT molecular complexity index is 306. The lowest BCUT2D eigenvalue weighted by atomic mass is 9.92. The minimum Gasteiger partial charge on any atom is -0.379 e. The highest BCUT2D eigenvalue weighted by Crippen LogP contribution is 2.20. The van der Waals surface area contributed by atoms with Crippen molar-refractivity contribution >= 4 is 6.03 Å². The summed E-state index contributed by atoms with van der Waals surface area (Å²) >= 11 is 0. The van der Waals surface area contributed by atoms with E-state index in [-0.39, 0.29) is 18.2 Å². The zero-order valence-corrected chi connectivity index (χ0v) is 13.2. The maximum Gasteiger partial charge on any atom is 0.315 e. The Labute approximate surface area is 128 Å². The number of hydrogen-bond donors (Lipinski definition) is 2. The van der Waals surface area contributed by atoms with Gasteiger partial charge in [-0.2, -0.15) is 0 Å². The summed E-state index contributed by atoms with van der Waals surface area (Å²) in [5, 5.41) is 6.01. The van der Waals surface area contributed by atoms with Crippen molar-refractivity contribution in [3.63, 3.8) is 0 Å². The van der Waals surface area contributed by atoms with E-state index < -0.39 is 0 Å². The molecule has 5 heteroatoms. The van der Waals surface area contributed by atoms with E-state index in [2.05, 4.69) is 10.6 Å². The molecule has 5 nitrogen and oxygen atoms in total. The molecule has 1 heterocycles. The van der Waals surface area contributed by atoms with E-state index in [1.165, 1.54) is 32.1 Å². The molecule has 0 spiro atoms. The molecule has 0 aromatic rings. The Morgan fingerprint density at radius 2 is 2.00 bits per heavy atom. The van der Waals surface area contributed by atoms with Crippen molar-refractivity contribution in [1.29, 1.82) is 0 Å². The second kappa shape index (κ2) is 9.26. The van der Waals surface area contributed by atoms with Gasteiger partial charge in [-0.05, 0) is 44.9 Å². The van der Waals surface area contributed by atoms with Crippen LogP contribution in [0.5, 0.6) is 0 Å². The molecule has 1 saturated carbocycles. The van der Waals surface area contributed by atoms with Crippen LogP contribution in [0.3, 0.4) is 0 Å². The number of ether oxygens (including phenoxy) is 2. The zero-order valence-electron chi connectivity index (χ0n) is 13.2. The number of methoxy groups -OCH3 is 1. The van der Waals surface area contributed by atoms with Crippen molar-refractivity contribution in [1.82, 2.24) is 10.6 Å². The van der Waals surface area contributed by atoms with Gasteiger partial charge in [-0.3, -0.25) is 0 Å². The summed E-state index contributed by atoms with van der Waals surface area (Å²) in [6, 6.07) is 0.0962. The van der Waals surface area contributed by atoms with Crippen LogP contribution in [0, 0.1) is 0 Å². The van der Waals surface area contributed by atoms with E-state index in [1.54, 1.807) is 7.11 Å². The van der Waals surface area contributed by atoms with Gasteiger partial charge in [0.1, 0.15) is 0 Å². The van der Waals surface area contributed by atoms with Crippen LogP contribution in [0.1, 0.15) is 57.8 Å². The molecule has 21 heavy (non-hydrogen) atoms. The molecule has 1 aliphatic carbocycles. The van der Waals surface area contributed by atoms with Crippen molar-refractivity contribution in [2.24, 2.45) is 0 Å². The van der Waals surface area contributed by atoms with Gasteiger partial charge in [0.2, 0.25) is 0 Å². The molecule has 0 aromatic heterocycles. The molecule has 0 aromatic carbocycles. The van der Waals surface area contributed by atoms with Crippen molar-refractivity contribution in [3.05, 3.63) is 0 Å². The minimum absolute atomic E-state index is 0.0616. The van der Waals surface area contributed by atoms with E-state index in [0.29, 0.717) is 6.10 Å². The molecule has 0 bridgehead atoms. The fourth-order valence-corrected chi connectivity index (χ4v) is 3.33. The topological polar surface area (TPSA) is 59.6 Å². The Morgan fingerprint density at radius 1 is 1.19 bits per heavy atom. The summed E-state index contributed by atoms with van der Waals surface area (Å²) in [4.78, 5) is 11.9. The van der Waals surface area contributed by atoms with E-state index in [9.17, 15) is 4.79 Å². The summed E-state index contributed by atoms with van der Waals surface area (Å²) in [5.41, 5.74) is 0. The molecule has 2 N–H and O–H groups in total. The van der Waals surface area contributed by atoms with Crippen LogP contribution in [-0.4, -0.2) is 44.5 Å². The van der Waals surface area contributed by atoms with Crippen LogP contribution in [-0.2, 0) is 9.47 Å². The standard InChI is InChI=1S/C16H30N2O3/c1-20-15-10-3-2-9-14(15)18-16(19)17-11-6-8-13-7-4-5-12-21-13/h13-15H,2-12H2,1H3,(H2,17,18,19)/t13-,14+,15-/m1/s1. The van der Waals surface area contributed by atoms with E-state index in [0.717, 1.165) is 38.8 Å². The lowest BCUT2D eigenvalue weighted by molar-refractivity contribution is 0.0103. The first kappa shape index (κ1) is 16.6. The molecule has 2 rings (SSSR count). The number of carbonyl (C=O) groups excluding carboxylic acids is 1. The first-order valence-electron chi connectivity index (χ1n) is 8.48. The quantitative estimate of drug-likeness (QED) is 0.741. The highest BCUT2D eigenvalue weighted by Gasteiger charge is 2.26. The summed E-state index contributed by atoms with van der Waals surface area (Å²) in [6.45, 7) is 1.62. The Balaban J connectivity index is 1.56. The highest BCUT2D eigenvalue weighted by molar-refractivity contribution is 5.74. The Morgan fingerprint density at radius 3 is 2.76 bits per heavy atom. The smallest absolute Gasteiger partial charge is 0.315 e. The number of urea groups is 1. The fraction of sp³-hybridized carbons (Fsp3) is 0.938. The third-order valence-corrected chi connectivity index (χ3v) is 4.58. The molecule has 0 unspecified atom stereocenters. The molecule has 0 radical (unpaired) electrons. The molecule has 1 saturated heterocycles. The molecule has 2 fully saturated rings. The first-order chi connectivity index (χ1) is 10.3. The molecular weight excluding hydrogens is 268 g/mol. The largest absolute Gasteiger partial charge is 0.379 e. The van der Waals surface area contributed by atoms with Gasteiger partial charge in [-0.15, -0.1) is 0 Å². The molecule has 122 valence electrons. The monoisotopic (exact) mass is 298 g/mol. The zero-order chi connectivity index (χ0) is 14.9. The average molecular weight is 298 g/mol. The van der Waals surface area contributed by atoms with E-state index in [1.807, 2.05) is 0 Å². The van der Waals surface area contributed by atoms with Crippen molar-refractivity contribution < 1.29 is 14.3 Å². The number of hydrogen-bond acceptors (Lipinski definition) is 3. The first-order valence-corrected chi connectivity index (χ1v) is 8.48. The normalized spacial score (nSPS) is 29.9. The van der Waals surface area contributed by atoms with Gasteiger partial charge < -0.3 is 20.1 Å². The van der Waals surface area contributed by atoms with Crippen LogP contribution in [0.15, 0.2) is 0 Å². The minimum atomic E-state index is -0.0616. The van der Waals surface area contributed by atoms with Gasteiger partial charge >= 0.3 is 6.03 Å². The summed E-state index contributed by atoms with van der Waals surface area (Å²) in [6.07, 6.45) is 10.7. The third-order valence-electron chi connectivity index (χ3n) is 4.58. The average Bonchev–Trinajstić information content (AvgIpc) is 2.53. The number of carbonyl (C=O) groups is 1. The van der Waals surface area contributed by atoms with Gasteiger partial charge in [0.15, 0.2) is 0 Å². The predicted octanol–water partition coefficient (Wildman–Crippen LogP) is 2.59. The van der Waals surface area contributed by atoms with Crippen molar-refractivity contribution in [2.45, 2.75) is 76.0 Å². The van der Waals surface area contributed by atoms with Gasteiger partial charge in [-0.25, -0.2) is 4.79 Å². The number of rotatable bonds is 6. The molecule has 1 aliphatic heterocycles. The van der Waals surface area contributed by atoms with E-state index in [4.69, 9.17) is 9.47 Å². The van der Waals surface area contributed by atoms with Crippen LogP contribution in [0.2, 0.25) is 0 Å². The Kier molecular flexibility index (Phi) is 7.30. The number of nitrogens with one attached hydrogen (secondary N) is 2. The summed E-state index contributed by atoms with van der Waals surface area (Å²) in [5.74, 6) is 0. The summed E-state index contributed by atoms with van der Waals surface area (Å²) in [7, 11) is 1.73. The van der Waals surface area contributed by atoms with Gasteiger partial charge in [0.25, 0.3) is 0 Å². The second-order valence-corrected chi connectivity index (χ2v) is 6.20. The predicted molar refractivity (Wildman–Crippen MR) is 82.4 cm³/mol.